The Bertz CT molecular complexity index is 1690. The van der Waals surface area contributed by atoms with E-state index in [4.69, 9.17) is 16.3 Å². The zero-order valence-electron chi connectivity index (χ0n) is 33.5. The van der Waals surface area contributed by atoms with Crippen LogP contribution in [0.5, 0.6) is 0 Å². The summed E-state index contributed by atoms with van der Waals surface area (Å²) in [5.74, 6) is -0.695. The summed E-state index contributed by atoms with van der Waals surface area (Å²) in [7, 11) is 0. The Labute approximate surface area is 321 Å². The number of Topliss-reactive ketones (excluding diaryl/α,β-unsaturated/α-hetero) is 1. The van der Waals surface area contributed by atoms with Gasteiger partial charge < -0.3 is 20.3 Å². The van der Waals surface area contributed by atoms with E-state index in [0.29, 0.717) is 23.8 Å². The van der Waals surface area contributed by atoms with Crippen molar-refractivity contribution in [3.8, 4) is 0 Å². The fraction of sp³-hybridized carbons (Fsp3) is 0.750. The number of rotatable bonds is 10. The Morgan fingerprint density at radius 2 is 1.70 bits per heavy atom. The van der Waals surface area contributed by atoms with Crippen molar-refractivity contribution in [2.24, 2.45) is 56.2 Å². The Balaban J connectivity index is 1.26. The van der Waals surface area contributed by atoms with E-state index in [1.807, 2.05) is 0 Å². The molecule has 0 bridgehead atoms. The second kappa shape index (κ2) is 13.7. The maximum absolute atomic E-state index is 14.7. The molecule has 9 heteroatoms. The van der Waals surface area contributed by atoms with Gasteiger partial charge in [0, 0.05) is 35.9 Å². The number of carbonyl (C=O) groups excluding carboxylic acids is 2. The van der Waals surface area contributed by atoms with Crippen LogP contribution in [0.15, 0.2) is 29.3 Å². The summed E-state index contributed by atoms with van der Waals surface area (Å²) in [4.78, 5) is 38.8. The third-order valence-electron chi connectivity index (χ3n) is 16.2. The molecule has 294 valence electrons. The number of aliphatic hydroxyl groups is 1. The van der Waals surface area contributed by atoms with Gasteiger partial charge in [0.2, 0.25) is 0 Å². The molecule has 1 aromatic rings. The van der Waals surface area contributed by atoms with Crippen molar-refractivity contribution in [1.29, 1.82) is 0 Å². The highest BCUT2D eigenvalue weighted by atomic mass is 35.5. The molecule has 6 rings (SSSR count). The highest BCUT2D eigenvalue weighted by molar-refractivity contribution is 6.30. The highest BCUT2D eigenvalue weighted by Crippen LogP contribution is 2.77. The van der Waals surface area contributed by atoms with Crippen LogP contribution < -0.4 is 5.32 Å². The standard InChI is InChI=1S/C44H63ClFNO6/c1-25(2)35-29(48)21-44(32(49)24-47-23-26-11-10-12-28(45)37(26)46)20-19-42(8)27(36(35)44)13-14-31-41(7)17-16-33(53-34(50)22-39(3,4)38(51)52)40(5,6)30(41)15-18-43(31,42)9/h10-12,25,27,30-33,47,49H,13-24H2,1-9H3,(H,51,52)/t27-,30+,31-,32+,33+,41+,42-,43-,44-/m1/s1. The molecule has 0 aromatic heterocycles. The lowest BCUT2D eigenvalue weighted by atomic mass is 9.33. The summed E-state index contributed by atoms with van der Waals surface area (Å²) in [6.45, 7) is 19.9. The van der Waals surface area contributed by atoms with Crippen LogP contribution in [-0.4, -0.2) is 46.7 Å². The number of carbonyl (C=O) groups is 3. The zero-order chi connectivity index (χ0) is 39.1. The molecular formula is C44H63ClFNO6. The lowest BCUT2D eigenvalue weighted by Gasteiger charge is -2.72. The lowest BCUT2D eigenvalue weighted by Crippen LogP contribution is -2.66. The maximum atomic E-state index is 14.7. The largest absolute Gasteiger partial charge is 0.481 e. The monoisotopic (exact) mass is 755 g/mol. The van der Waals surface area contributed by atoms with Gasteiger partial charge in [-0.05, 0) is 117 Å². The number of hydrogen-bond acceptors (Lipinski definition) is 6. The van der Waals surface area contributed by atoms with Gasteiger partial charge in [-0.3, -0.25) is 14.4 Å². The fourth-order valence-corrected chi connectivity index (χ4v) is 13.3. The minimum atomic E-state index is -1.18. The molecule has 0 aliphatic heterocycles. The van der Waals surface area contributed by atoms with E-state index in [2.05, 4.69) is 53.8 Å². The molecule has 0 unspecified atom stereocenters. The summed E-state index contributed by atoms with van der Waals surface area (Å²) in [6.07, 6.45) is 6.56. The van der Waals surface area contributed by atoms with Crippen LogP contribution in [0.2, 0.25) is 5.02 Å². The number of halogens is 2. The van der Waals surface area contributed by atoms with Crippen molar-refractivity contribution in [3.63, 3.8) is 0 Å². The number of carboxylic acids is 1. The third-order valence-corrected chi connectivity index (χ3v) is 16.5. The van der Waals surface area contributed by atoms with Crippen molar-refractivity contribution in [2.75, 3.05) is 6.54 Å². The smallest absolute Gasteiger partial charge is 0.309 e. The number of hydrogen-bond donors (Lipinski definition) is 3. The molecule has 9 atom stereocenters. The molecular weight excluding hydrogens is 693 g/mol. The Morgan fingerprint density at radius 3 is 2.36 bits per heavy atom. The van der Waals surface area contributed by atoms with Crippen molar-refractivity contribution in [3.05, 3.63) is 45.7 Å². The summed E-state index contributed by atoms with van der Waals surface area (Å²) in [5, 5.41) is 25.1. The predicted molar refractivity (Wildman–Crippen MR) is 204 cm³/mol. The SMILES string of the molecule is CC(C)C1=C2[C@H]3CC[C@@H]4[C@@]5(C)CC[C@H](OC(=O)CC(C)(C)C(=O)O)C(C)(C)[C@@H]5CC[C@@]4(C)[C@]3(C)CC[C@]2([C@@H](O)CNCc2cccc(Cl)c2F)CC1=O. The second-order valence-corrected chi connectivity index (χ2v) is 20.3. The Hall–Kier alpha value is -2.29. The van der Waals surface area contributed by atoms with Gasteiger partial charge in [0.15, 0.2) is 5.78 Å². The maximum Gasteiger partial charge on any atom is 0.309 e. The lowest BCUT2D eigenvalue weighted by molar-refractivity contribution is -0.235. The molecule has 4 fully saturated rings. The van der Waals surface area contributed by atoms with Crippen molar-refractivity contribution >= 4 is 29.3 Å². The number of ether oxygens (including phenoxy) is 1. The van der Waals surface area contributed by atoms with Crippen LogP contribution in [0.4, 0.5) is 4.39 Å². The van der Waals surface area contributed by atoms with Gasteiger partial charge in [-0.25, -0.2) is 4.39 Å². The highest BCUT2D eigenvalue weighted by Gasteiger charge is 2.70. The molecule has 5 aliphatic rings. The first-order valence-electron chi connectivity index (χ1n) is 20.1. The molecule has 0 amide bonds. The van der Waals surface area contributed by atoms with E-state index in [0.717, 1.165) is 56.9 Å². The topological polar surface area (TPSA) is 113 Å². The van der Waals surface area contributed by atoms with Gasteiger partial charge >= 0.3 is 11.9 Å². The van der Waals surface area contributed by atoms with Crippen LogP contribution >= 0.6 is 11.6 Å². The predicted octanol–water partition coefficient (Wildman–Crippen LogP) is 9.32. The summed E-state index contributed by atoms with van der Waals surface area (Å²) >= 11 is 6.03. The first kappa shape index (κ1) is 40.4. The van der Waals surface area contributed by atoms with Crippen LogP contribution in [0.1, 0.15) is 132 Å². The number of benzene rings is 1. The zero-order valence-corrected chi connectivity index (χ0v) is 34.2. The van der Waals surface area contributed by atoms with Gasteiger partial charge in [0.05, 0.1) is 23.0 Å². The molecule has 0 spiro atoms. The fourth-order valence-electron chi connectivity index (χ4n) is 13.1. The third kappa shape index (κ3) is 6.24. The number of allylic oxidation sites excluding steroid dienone is 1. The number of carboxylic acid groups (broad SMARTS) is 1. The van der Waals surface area contributed by atoms with E-state index in [9.17, 15) is 29.0 Å². The number of aliphatic carboxylic acids is 1. The second-order valence-electron chi connectivity index (χ2n) is 19.9. The van der Waals surface area contributed by atoms with E-state index < -0.39 is 34.7 Å². The number of ketones is 1. The first-order chi connectivity index (χ1) is 24.6. The van der Waals surface area contributed by atoms with Crippen LogP contribution in [0.3, 0.4) is 0 Å². The van der Waals surface area contributed by atoms with Crippen molar-refractivity contribution in [2.45, 2.75) is 145 Å². The minimum Gasteiger partial charge on any atom is -0.481 e. The van der Waals surface area contributed by atoms with Crippen LogP contribution in [0, 0.1) is 62.0 Å². The number of nitrogens with one attached hydrogen (secondary N) is 1. The van der Waals surface area contributed by atoms with E-state index in [1.165, 1.54) is 11.6 Å². The molecule has 0 heterocycles. The first-order valence-corrected chi connectivity index (χ1v) is 20.5. The van der Waals surface area contributed by atoms with Crippen molar-refractivity contribution in [1.82, 2.24) is 5.32 Å². The average Bonchev–Trinajstić information content (AvgIpc) is 3.37. The Kier molecular flexibility index (Phi) is 10.5. The van der Waals surface area contributed by atoms with Crippen LogP contribution in [-0.2, 0) is 25.7 Å². The summed E-state index contributed by atoms with van der Waals surface area (Å²) in [5.41, 5.74) is 0.471. The molecule has 0 saturated heterocycles. The molecule has 0 radical (unpaired) electrons. The average molecular weight is 756 g/mol. The van der Waals surface area contributed by atoms with Crippen LogP contribution in [0.25, 0.3) is 0 Å². The van der Waals surface area contributed by atoms with Gasteiger partial charge in [-0.2, -0.15) is 0 Å². The van der Waals surface area contributed by atoms with Gasteiger partial charge in [-0.1, -0.05) is 77.8 Å². The molecule has 3 N–H and O–H groups in total. The molecule has 53 heavy (non-hydrogen) atoms. The van der Waals surface area contributed by atoms with E-state index in [-0.39, 0.29) is 69.9 Å². The van der Waals surface area contributed by atoms with E-state index >= 15 is 0 Å². The number of aliphatic hydroxyl groups excluding tert-OH is 1. The molecule has 4 saturated carbocycles. The quantitative estimate of drug-likeness (QED) is 0.204. The number of esters is 1. The molecule has 5 aliphatic carbocycles. The Morgan fingerprint density at radius 1 is 1.00 bits per heavy atom. The van der Waals surface area contributed by atoms with E-state index in [1.54, 1.807) is 26.0 Å². The normalized spacial score (nSPS) is 37.0. The van der Waals surface area contributed by atoms with Crippen molar-refractivity contribution < 1.29 is 33.7 Å². The van der Waals surface area contributed by atoms with Gasteiger partial charge in [0.25, 0.3) is 0 Å². The molecule has 7 nitrogen and oxygen atoms in total. The number of fused-ring (bicyclic) bond motifs is 7. The summed E-state index contributed by atoms with van der Waals surface area (Å²) < 4.78 is 20.8. The minimum absolute atomic E-state index is 0.00641. The van der Waals surface area contributed by atoms with Gasteiger partial charge in [0.1, 0.15) is 11.9 Å². The molecule has 1 aromatic carbocycles. The summed E-state index contributed by atoms with van der Waals surface area (Å²) in [6, 6.07) is 4.95. The van der Waals surface area contributed by atoms with Gasteiger partial charge in [-0.15, -0.1) is 0 Å².